The number of hydrogen-bond acceptors (Lipinski definition) is 4. The molecule has 0 aromatic heterocycles. The molecule has 3 aromatic carbocycles. The third-order valence-electron chi connectivity index (χ3n) is 5.54. The Balaban J connectivity index is 2.01. The Bertz CT molecular complexity index is 1200. The van der Waals surface area contributed by atoms with Gasteiger partial charge in [-0.15, -0.1) is 0 Å². The van der Waals surface area contributed by atoms with Crippen molar-refractivity contribution in [2.45, 2.75) is 19.9 Å². The zero-order chi connectivity index (χ0) is 22.1. The lowest BCUT2D eigenvalue weighted by atomic mass is 9.94. The van der Waals surface area contributed by atoms with Gasteiger partial charge in [0.15, 0.2) is 0 Å². The van der Waals surface area contributed by atoms with Gasteiger partial charge in [0.1, 0.15) is 11.5 Å². The third-order valence-corrected chi connectivity index (χ3v) is 5.54. The number of methoxy groups -OCH3 is 1. The molecular weight excluding hydrogens is 390 g/mol. The molecule has 0 spiro atoms. The van der Waals surface area contributed by atoms with Crippen LogP contribution in [0.5, 0.6) is 5.75 Å². The highest BCUT2D eigenvalue weighted by atomic mass is 16.5. The second kappa shape index (κ2) is 8.11. The van der Waals surface area contributed by atoms with E-state index in [1.807, 2.05) is 56.3 Å². The van der Waals surface area contributed by atoms with Gasteiger partial charge in [0.05, 0.1) is 18.7 Å². The maximum atomic E-state index is 13.3. The van der Waals surface area contributed by atoms with Crippen LogP contribution < -0.4 is 9.64 Å². The van der Waals surface area contributed by atoms with Gasteiger partial charge in [-0.3, -0.25) is 14.5 Å². The fourth-order valence-corrected chi connectivity index (χ4v) is 4.09. The maximum Gasteiger partial charge on any atom is 0.300 e. The number of rotatable bonds is 4. The van der Waals surface area contributed by atoms with E-state index in [0.29, 0.717) is 22.6 Å². The molecule has 1 aliphatic heterocycles. The fraction of sp³-hybridized carbons (Fsp3) is 0.154. The minimum atomic E-state index is -0.822. The van der Waals surface area contributed by atoms with Crippen molar-refractivity contribution in [2.75, 3.05) is 12.0 Å². The number of benzene rings is 3. The molecule has 0 saturated carbocycles. The lowest BCUT2D eigenvalue weighted by Crippen LogP contribution is -2.30. The highest BCUT2D eigenvalue weighted by Crippen LogP contribution is 2.45. The van der Waals surface area contributed by atoms with Crippen molar-refractivity contribution in [1.82, 2.24) is 0 Å². The van der Waals surface area contributed by atoms with Gasteiger partial charge < -0.3 is 9.84 Å². The van der Waals surface area contributed by atoms with Crippen LogP contribution in [0.3, 0.4) is 0 Å². The minimum absolute atomic E-state index is 0.0423. The molecule has 1 atom stereocenters. The van der Waals surface area contributed by atoms with E-state index < -0.39 is 17.7 Å². The lowest BCUT2D eigenvalue weighted by Gasteiger charge is -2.28. The number of amides is 1. The number of ketones is 1. The SMILES string of the molecule is COc1ccccc1C1/C(=C(\O)c2ccccc2)C(=O)C(=O)N1c1ccc(C)cc1C. The molecule has 1 saturated heterocycles. The highest BCUT2D eigenvalue weighted by Gasteiger charge is 2.48. The fourth-order valence-electron chi connectivity index (χ4n) is 4.09. The number of aliphatic hydroxyl groups excluding tert-OH is 1. The third kappa shape index (κ3) is 3.48. The number of carbonyl (C=O) groups excluding carboxylic acids is 2. The van der Waals surface area contributed by atoms with E-state index in [9.17, 15) is 14.7 Å². The van der Waals surface area contributed by atoms with Gasteiger partial charge in [-0.05, 0) is 31.5 Å². The van der Waals surface area contributed by atoms with Gasteiger partial charge in [-0.1, -0.05) is 66.2 Å². The van der Waals surface area contributed by atoms with E-state index in [4.69, 9.17) is 4.74 Å². The molecule has 0 radical (unpaired) electrons. The number of Topliss-reactive ketones (excluding diaryl/α,β-unsaturated/α-hetero) is 1. The molecule has 31 heavy (non-hydrogen) atoms. The predicted octanol–water partition coefficient (Wildman–Crippen LogP) is 4.94. The van der Waals surface area contributed by atoms with Crippen molar-refractivity contribution in [3.63, 3.8) is 0 Å². The van der Waals surface area contributed by atoms with Crippen LogP contribution in [0.2, 0.25) is 0 Å². The average Bonchev–Trinajstić information content (AvgIpc) is 3.04. The summed E-state index contributed by atoms with van der Waals surface area (Å²) in [5, 5.41) is 11.1. The molecule has 1 N–H and O–H groups in total. The molecule has 5 heteroatoms. The normalized spacial score (nSPS) is 17.8. The second-order valence-electron chi connectivity index (χ2n) is 7.57. The molecule has 0 aliphatic carbocycles. The molecule has 1 heterocycles. The molecule has 1 amide bonds. The molecule has 1 aliphatic rings. The number of carbonyl (C=O) groups is 2. The van der Waals surface area contributed by atoms with Crippen LogP contribution in [0.25, 0.3) is 5.76 Å². The summed E-state index contributed by atoms with van der Waals surface area (Å²) in [6.45, 7) is 3.87. The van der Waals surface area contributed by atoms with Gasteiger partial charge in [0.2, 0.25) is 0 Å². The van der Waals surface area contributed by atoms with Gasteiger partial charge >= 0.3 is 0 Å². The van der Waals surface area contributed by atoms with Gasteiger partial charge in [-0.2, -0.15) is 0 Å². The minimum Gasteiger partial charge on any atom is -0.507 e. The maximum absolute atomic E-state index is 13.3. The molecular formula is C26H23NO4. The predicted molar refractivity (Wildman–Crippen MR) is 120 cm³/mol. The van der Waals surface area contributed by atoms with Gasteiger partial charge in [0.25, 0.3) is 11.7 Å². The highest BCUT2D eigenvalue weighted by molar-refractivity contribution is 6.51. The van der Waals surface area contributed by atoms with Crippen LogP contribution in [0.4, 0.5) is 5.69 Å². The Morgan fingerprint density at radius 3 is 2.29 bits per heavy atom. The van der Waals surface area contributed by atoms with Crippen LogP contribution in [0.1, 0.15) is 28.3 Å². The van der Waals surface area contributed by atoms with E-state index in [0.717, 1.165) is 11.1 Å². The Morgan fingerprint density at radius 1 is 0.935 bits per heavy atom. The zero-order valence-electron chi connectivity index (χ0n) is 17.6. The smallest absolute Gasteiger partial charge is 0.300 e. The van der Waals surface area contributed by atoms with Crippen LogP contribution >= 0.6 is 0 Å². The number of aliphatic hydroxyl groups is 1. The second-order valence-corrected chi connectivity index (χ2v) is 7.57. The van der Waals surface area contributed by atoms with Gasteiger partial charge in [-0.25, -0.2) is 0 Å². The average molecular weight is 413 g/mol. The Kier molecular flexibility index (Phi) is 5.34. The number of nitrogens with zero attached hydrogens (tertiary/aromatic N) is 1. The number of aryl methyl sites for hydroxylation is 2. The van der Waals surface area contributed by atoms with Crippen molar-refractivity contribution < 1.29 is 19.4 Å². The number of anilines is 1. The summed E-state index contributed by atoms with van der Waals surface area (Å²) in [7, 11) is 1.54. The first kappa shape index (κ1) is 20.4. The largest absolute Gasteiger partial charge is 0.507 e. The summed E-state index contributed by atoms with van der Waals surface area (Å²) in [6.07, 6.45) is 0. The molecule has 0 bridgehead atoms. The summed E-state index contributed by atoms with van der Waals surface area (Å²) < 4.78 is 5.54. The van der Waals surface area contributed by atoms with Crippen molar-refractivity contribution in [3.8, 4) is 5.75 Å². The van der Waals surface area contributed by atoms with Crippen molar-refractivity contribution in [2.24, 2.45) is 0 Å². The first-order valence-corrected chi connectivity index (χ1v) is 10.0. The van der Waals surface area contributed by atoms with E-state index >= 15 is 0 Å². The zero-order valence-corrected chi connectivity index (χ0v) is 17.6. The van der Waals surface area contributed by atoms with Crippen molar-refractivity contribution in [1.29, 1.82) is 0 Å². The Labute approximate surface area is 181 Å². The first-order valence-electron chi connectivity index (χ1n) is 10.0. The van der Waals surface area contributed by atoms with E-state index in [1.165, 1.54) is 4.90 Å². The summed E-state index contributed by atoms with van der Waals surface area (Å²) in [4.78, 5) is 27.9. The number of ether oxygens (including phenoxy) is 1. The van der Waals surface area contributed by atoms with Gasteiger partial charge in [0, 0.05) is 16.8 Å². The monoisotopic (exact) mass is 413 g/mol. The quantitative estimate of drug-likeness (QED) is 0.374. The summed E-state index contributed by atoms with van der Waals surface area (Å²) in [5.41, 5.74) is 3.68. The molecule has 156 valence electrons. The summed E-state index contributed by atoms with van der Waals surface area (Å²) >= 11 is 0. The molecule has 1 unspecified atom stereocenters. The molecule has 4 rings (SSSR count). The topological polar surface area (TPSA) is 66.8 Å². The number of hydrogen-bond donors (Lipinski definition) is 1. The summed E-state index contributed by atoms with van der Waals surface area (Å²) in [6, 6.07) is 20.9. The van der Waals surface area contributed by atoms with Crippen LogP contribution in [0.15, 0.2) is 78.4 Å². The molecule has 5 nitrogen and oxygen atoms in total. The number of para-hydroxylation sites is 1. The lowest BCUT2D eigenvalue weighted by molar-refractivity contribution is -0.132. The van der Waals surface area contributed by atoms with Crippen LogP contribution in [-0.2, 0) is 9.59 Å². The Morgan fingerprint density at radius 2 is 1.61 bits per heavy atom. The van der Waals surface area contributed by atoms with Crippen LogP contribution in [0, 0.1) is 13.8 Å². The van der Waals surface area contributed by atoms with Crippen molar-refractivity contribution in [3.05, 3.63) is 101 Å². The molecule has 3 aromatic rings. The van der Waals surface area contributed by atoms with Crippen molar-refractivity contribution >= 4 is 23.1 Å². The van der Waals surface area contributed by atoms with E-state index in [1.54, 1.807) is 37.4 Å². The van der Waals surface area contributed by atoms with E-state index in [-0.39, 0.29) is 11.3 Å². The first-order chi connectivity index (χ1) is 14.9. The molecule has 1 fully saturated rings. The Hall–Kier alpha value is -3.86. The standard InChI is InChI=1S/C26H23NO4/c1-16-13-14-20(17(2)15-16)27-23(19-11-7-8-12-21(19)31-3)22(25(29)26(27)30)24(28)18-9-5-4-6-10-18/h4-15,23,28H,1-3H3/b24-22+. The van der Waals surface area contributed by atoms with Crippen LogP contribution in [-0.4, -0.2) is 23.9 Å². The van der Waals surface area contributed by atoms with E-state index in [2.05, 4.69) is 0 Å². The summed E-state index contributed by atoms with van der Waals surface area (Å²) in [5.74, 6) is -1.08.